The lowest BCUT2D eigenvalue weighted by molar-refractivity contribution is -0.121. The molecule has 0 saturated carbocycles. The van der Waals surface area contributed by atoms with Crippen molar-refractivity contribution in [2.75, 3.05) is 38.5 Å². The summed E-state index contributed by atoms with van der Waals surface area (Å²) in [5, 5.41) is 3.17. The molecule has 0 spiro atoms. The first-order chi connectivity index (χ1) is 19.2. The minimum atomic E-state index is -1.25. The lowest BCUT2D eigenvalue weighted by atomic mass is 9.86. The van der Waals surface area contributed by atoms with Crippen molar-refractivity contribution in [3.8, 4) is 11.5 Å². The number of anilines is 1. The van der Waals surface area contributed by atoms with Crippen LogP contribution < -0.4 is 10.1 Å². The Labute approximate surface area is 233 Å². The Kier molecular flexibility index (Phi) is 8.76. The number of ether oxygens (including phenoxy) is 1. The zero-order valence-electron chi connectivity index (χ0n) is 23.1. The summed E-state index contributed by atoms with van der Waals surface area (Å²) >= 11 is 0. The van der Waals surface area contributed by atoms with E-state index in [0.29, 0.717) is 23.8 Å². The number of likely N-dealkylation sites (tertiary alicyclic amines) is 2. The van der Waals surface area contributed by atoms with Gasteiger partial charge in [-0.1, -0.05) is 18.2 Å². The summed E-state index contributed by atoms with van der Waals surface area (Å²) in [6.07, 6.45) is 3.87. The molecule has 5 nitrogen and oxygen atoms in total. The second kappa shape index (κ2) is 12.4. The van der Waals surface area contributed by atoms with Gasteiger partial charge in [-0.05, 0) is 113 Å². The molecule has 212 valence electrons. The third-order valence-electron chi connectivity index (χ3n) is 8.20. The van der Waals surface area contributed by atoms with Crippen molar-refractivity contribution < 1.29 is 22.7 Å². The number of aryl methyl sites for hydroxylation is 1. The molecule has 0 aromatic heterocycles. The lowest BCUT2D eigenvalue weighted by Gasteiger charge is -2.33. The summed E-state index contributed by atoms with van der Waals surface area (Å²) in [4.78, 5) is 17.5. The molecule has 0 atom stereocenters. The van der Waals surface area contributed by atoms with Crippen molar-refractivity contribution in [1.29, 1.82) is 0 Å². The molecular weight excluding hydrogens is 515 g/mol. The normalized spacial score (nSPS) is 17.6. The van der Waals surface area contributed by atoms with E-state index in [1.807, 2.05) is 18.2 Å². The number of piperidine rings is 2. The van der Waals surface area contributed by atoms with Gasteiger partial charge in [0.05, 0.1) is 0 Å². The van der Waals surface area contributed by atoms with E-state index in [4.69, 9.17) is 4.74 Å². The number of amides is 1. The average molecular weight is 552 g/mol. The molecule has 2 heterocycles. The Morgan fingerprint density at radius 3 is 2.25 bits per heavy atom. The number of hydrogen-bond donors (Lipinski definition) is 1. The van der Waals surface area contributed by atoms with Crippen LogP contribution in [0.5, 0.6) is 11.5 Å². The van der Waals surface area contributed by atoms with E-state index in [1.54, 1.807) is 12.1 Å². The average Bonchev–Trinajstić information content (AvgIpc) is 2.94. The number of carbonyl (C=O) groups excluding carboxylic acids is 1. The van der Waals surface area contributed by atoms with Crippen molar-refractivity contribution in [1.82, 2.24) is 9.80 Å². The van der Waals surface area contributed by atoms with Gasteiger partial charge < -0.3 is 15.0 Å². The van der Waals surface area contributed by atoms with Crippen molar-refractivity contribution >= 4 is 11.6 Å². The van der Waals surface area contributed by atoms with E-state index < -0.39 is 17.5 Å². The minimum Gasteiger partial charge on any atom is -0.454 e. The molecule has 3 aromatic carbocycles. The summed E-state index contributed by atoms with van der Waals surface area (Å²) < 4.78 is 45.9. The number of nitrogens with one attached hydrogen (secondary N) is 1. The zero-order valence-corrected chi connectivity index (χ0v) is 23.1. The highest BCUT2D eigenvalue weighted by atomic mass is 19.2. The molecule has 0 aliphatic carbocycles. The fourth-order valence-corrected chi connectivity index (χ4v) is 5.71. The van der Waals surface area contributed by atoms with E-state index in [9.17, 15) is 18.0 Å². The molecule has 5 rings (SSSR count). The predicted octanol–water partition coefficient (Wildman–Crippen LogP) is 6.86. The van der Waals surface area contributed by atoms with Crippen molar-refractivity contribution in [3.63, 3.8) is 0 Å². The topological polar surface area (TPSA) is 44.8 Å². The fraction of sp³-hybridized carbons (Fsp3) is 0.406. The molecule has 8 heteroatoms. The molecule has 2 fully saturated rings. The molecule has 1 N–H and O–H groups in total. The van der Waals surface area contributed by atoms with E-state index >= 15 is 0 Å². The Morgan fingerprint density at radius 1 is 0.875 bits per heavy atom. The van der Waals surface area contributed by atoms with Gasteiger partial charge in [0, 0.05) is 30.3 Å². The minimum absolute atomic E-state index is 0.0805. The number of benzene rings is 3. The van der Waals surface area contributed by atoms with Gasteiger partial charge in [0.25, 0.3) is 0 Å². The number of nitrogens with zero attached hydrogens (tertiary/aromatic N) is 2. The first-order valence-corrected chi connectivity index (χ1v) is 14.0. The summed E-state index contributed by atoms with van der Waals surface area (Å²) in [6.45, 7) is 6.75. The lowest BCUT2D eigenvalue weighted by Crippen LogP contribution is -2.36. The van der Waals surface area contributed by atoms with Gasteiger partial charge >= 0.3 is 0 Å². The van der Waals surface area contributed by atoms with Gasteiger partial charge in [-0.25, -0.2) is 13.2 Å². The van der Waals surface area contributed by atoms with Crippen LogP contribution in [0, 0.1) is 30.3 Å². The third-order valence-corrected chi connectivity index (χ3v) is 8.20. The first-order valence-electron chi connectivity index (χ1n) is 14.0. The molecular formula is C32H36F3N3O2. The van der Waals surface area contributed by atoms with Gasteiger partial charge in [-0.3, -0.25) is 9.69 Å². The quantitative estimate of drug-likeness (QED) is 0.326. The van der Waals surface area contributed by atoms with Crippen LogP contribution >= 0.6 is 0 Å². The highest BCUT2D eigenvalue weighted by Gasteiger charge is 2.25. The summed E-state index contributed by atoms with van der Waals surface area (Å²) in [6, 6.07) is 14.7. The highest BCUT2D eigenvalue weighted by Crippen LogP contribution is 2.33. The number of carbonyl (C=O) groups is 1. The monoisotopic (exact) mass is 551 g/mol. The smallest absolute Gasteiger partial charge is 0.227 e. The Hall–Kier alpha value is -3.36. The Morgan fingerprint density at radius 2 is 1.55 bits per heavy atom. The van der Waals surface area contributed by atoms with Crippen LogP contribution in [0.2, 0.25) is 0 Å². The van der Waals surface area contributed by atoms with Crippen molar-refractivity contribution in [2.45, 2.75) is 45.1 Å². The number of rotatable bonds is 7. The predicted molar refractivity (Wildman–Crippen MR) is 150 cm³/mol. The van der Waals surface area contributed by atoms with E-state index in [0.717, 1.165) is 69.7 Å². The molecule has 0 unspecified atom stereocenters. The standard InChI is InChI=1S/C32H36F3N3O2/c1-21-3-6-25(36-32(39)24-9-13-37(2)14-10-24)17-27(21)23-11-15-38(16-12-23)20-22-4-7-26(8-5-22)40-31-19-29(34)28(33)18-30(31)35/h3-8,17-19,23-24H,9-16,20H2,1-2H3,(H,36,39). The zero-order chi connectivity index (χ0) is 28.2. The van der Waals surface area contributed by atoms with Crippen LogP contribution in [0.3, 0.4) is 0 Å². The Bertz CT molecular complexity index is 1330. The van der Waals surface area contributed by atoms with Crippen LogP contribution in [-0.4, -0.2) is 48.9 Å². The van der Waals surface area contributed by atoms with Crippen LogP contribution in [0.1, 0.15) is 48.3 Å². The van der Waals surface area contributed by atoms with Crippen molar-refractivity contribution in [3.05, 3.63) is 88.7 Å². The van der Waals surface area contributed by atoms with Crippen molar-refractivity contribution in [2.24, 2.45) is 5.92 Å². The summed E-state index contributed by atoms with van der Waals surface area (Å²) in [5.41, 5.74) is 4.54. The maximum absolute atomic E-state index is 13.9. The molecule has 1 amide bonds. The third kappa shape index (κ3) is 6.85. The molecule has 0 radical (unpaired) electrons. The molecule has 2 aliphatic rings. The second-order valence-electron chi connectivity index (χ2n) is 11.1. The number of halogens is 3. The number of hydrogen-bond acceptors (Lipinski definition) is 4. The molecule has 0 bridgehead atoms. The summed E-state index contributed by atoms with van der Waals surface area (Å²) in [5.74, 6) is -2.71. The summed E-state index contributed by atoms with van der Waals surface area (Å²) in [7, 11) is 2.10. The second-order valence-corrected chi connectivity index (χ2v) is 11.1. The van der Waals surface area contributed by atoms with E-state index in [1.165, 1.54) is 11.1 Å². The maximum atomic E-state index is 13.9. The molecule has 2 aliphatic heterocycles. The molecule has 2 saturated heterocycles. The molecule has 40 heavy (non-hydrogen) atoms. The van der Waals surface area contributed by atoms with Crippen LogP contribution in [0.4, 0.5) is 18.9 Å². The largest absolute Gasteiger partial charge is 0.454 e. The van der Waals surface area contributed by atoms with Crippen LogP contribution in [0.25, 0.3) is 0 Å². The molecule has 3 aromatic rings. The van der Waals surface area contributed by atoms with Gasteiger partial charge in [-0.2, -0.15) is 0 Å². The maximum Gasteiger partial charge on any atom is 0.227 e. The SMILES string of the molecule is Cc1ccc(NC(=O)C2CCN(C)CC2)cc1C1CCN(Cc2ccc(Oc3cc(F)c(F)cc3F)cc2)CC1. The van der Waals surface area contributed by atoms with Gasteiger partial charge in [0.2, 0.25) is 5.91 Å². The van der Waals surface area contributed by atoms with Gasteiger partial charge in [0.15, 0.2) is 23.2 Å². The van der Waals surface area contributed by atoms with E-state index in [2.05, 4.69) is 41.2 Å². The Balaban J connectivity index is 1.14. The van der Waals surface area contributed by atoms with Crippen LogP contribution in [-0.2, 0) is 11.3 Å². The highest BCUT2D eigenvalue weighted by molar-refractivity contribution is 5.92. The van der Waals surface area contributed by atoms with Gasteiger partial charge in [-0.15, -0.1) is 0 Å². The first kappa shape index (κ1) is 28.2. The van der Waals surface area contributed by atoms with Gasteiger partial charge in [0.1, 0.15) is 5.75 Å². The fourth-order valence-electron chi connectivity index (χ4n) is 5.71. The van der Waals surface area contributed by atoms with E-state index in [-0.39, 0.29) is 17.6 Å². The van der Waals surface area contributed by atoms with Crippen LogP contribution in [0.15, 0.2) is 54.6 Å².